The maximum absolute atomic E-state index is 13.7. The van der Waals surface area contributed by atoms with Gasteiger partial charge >= 0.3 is 5.97 Å². The third kappa shape index (κ3) is 2.64. The van der Waals surface area contributed by atoms with E-state index in [4.69, 9.17) is 14.2 Å². The highest BCUT2D eigenvalue weighted by Gasteiger charge is 2.60. The predicted molar refractivity (Wildman–Crippen MR) is 77.2 cm³/mol. The highest BCUT2D eigenvalue weighted by Crippen LogP contribution is 2.47. The van der Waals surface area contributed by atoms with Gasteiger partial charge in [-0.05, 0) is 19.9 Å². The molecule has 1 aromatic carbocycles. The molecule has 126 valence electrons. The van der Waals surface area contributed by atoms with Gasteiger partial charge in [-0.15, -0.1) is 0 Å². The molecule has 0 aromatic heterocycles. The van der Waals surface area contributed by atoms with E-state index in [1.165, 1.54) is 40.2 Å². The molecule has 1 aromatic rings. The van der Waals surface area contributed by atoms with Crippen LogP contribution in [0.3, 0.4) is 0 Å². The molecule has 1 atom stereocenters. The van der Waals surface area contributed by atoms with Gasteiger partial charge in [-0.3, -0.25) is 9.59 Å². The molecular weight excluding hydrogens is 310 g/mol. The van der Waals surface area contributed by atoms with Crippen LogP contribution in [-0.4, -0.2) is 38.5 Å². The molecule has 0 fully saturated rings. The molecule has 0 N–H and O–H groups in total. The SMILES string of the molecule is COc1cc(OC)c2c(c1)C(=O)C(C(=O)OC(C)C)(C(F)F)C2. The minimum absolute atomic E-state index is 0.00204. The molecule has 2 rings (SSSR count). The summed E-state index contributed by atoms with van der Waals surface area (Å²) in [6, 6.07) is 2.83. The minimum Gasteiger partial charge on any atom is -0.497 e. The van der Waals surface area contributed by atoms with E-state index in [1.807, 2.05) is 0 Å². The van der Waals surface area contributed by atoms with Gasteiger partial charge in [0.05, 0.1) is 20.3 Å². The van der Waals surface area contributed by atoms with E-state index in [1.54, 1.807) is 0 Å². The van der Waals surface area contributed by atoms with E-state index in [-0.39, 0.29) is 22.6 Å². The van der Waals surface area contributed by atoms with Crippen molar-refractivity contribution in [3.63, 3.8) is 0 Å². The van der Waals surface area contributed by atoms with Crippen LogP contribution in [0.4, 0.5) is 8.78 Å². The number of carbonyl (C=O) groups excluding carboxylic acids is 2. The van der Waals surface area contributed by atoms with Gasteiger partial charge in [-0.1, -0.05) is 0 Å². The number of alkyl halides is 2. The van der Waals surface area contributed by atoms with Gasteiger partial charge in [0.2, 0.25) is 0 Å². The maximum atomic E-state index is 13.7. The number of fused-ring (bicyclic) bond motifs is 1. The molecule has 0 amide bonds. The zero-order valence-corrected chi connectivity index (χ0v) is 13.3. The van der Waals surface area contributed by atoms with Gasteiger partial charge < -0.3 is 14.2 Å². The molecule has 1 aliphatic carbocycles. The molecule has 0 saturated carbocycles. The molecule has 5 nitrogen and oxygen atoms in total. The summed E-state index contributed by atoms with van der Waals surface area (Å²) in [6.07, 6.45) is -4.26. The lowest BCUT2D eigenvalue weighted by Gasteiger charge is -2.25. The zero-order valence-electron chi connectivity index (χ0n) is 13.3. The molecule has 0 heterocycles. The molecule has 1 aliphatic rings. The first kappa shape index (κ1) is 17.2. The van der Waals surface area contributed by atoms with Gasteiger partial charge in [-0.25, -0.2) is 8.78 Å². The first-order valence-corrected chi connectivity index (χ1v) is 7.06. The van der Waals surface area contributed by atoms with Crippen LogP contribution >= 0.6 is 0 Å². The highest BCUT2D eigenvalue weighted by molar-refractivity contribution is 6.17. The summed E-state index contributed by atoms with van der Waals surface area (Å²) in [5.74, 6) is -1.67. The van der Waals surface area contributed by atoms with Crippen molar-refractivity contribution in [2.24, 2.45) is 5.41 Å². The third-order valence-electron chi connectivity index (χ3n) is 3.82. The normalized spacial score (nSPS) is 19.9. The van der Waals surface area contributed by atoms with Gasteiger partial charge in [0.15, 0.2) is 11.2 Å². The van der Waals surface area contributed by atoms with Crippen molar-refractivity contribution in [2.75, 3.05) is 14.2 Å². The quantitative estimate of drug-likeness (QED) is 0.614. The monoisotopic (exact) mass is 328 g/mol. The number of hydrogen-bond acceptors (Lipinski definition) is 5. The molecule has 0 bridgehead atoms. The standard InChI is InChI=1S/C16H18F2O5/c1-8(2)23-15(20)16(14(17)18)7-11-10(13(16)19)5-9(21-3)6-12(11)22-4/h5-6,8,14H,7H2,1-4H3. The lowest BCUT2D eigenvalue weighted by molar-refractivity contribution is -0.164. The van der Waals surface area contributed by atoms with E-state index in [0.29, 0.717) is 0 Å². The average Bonchev–Trinajstić information content (AvgIpc) is 2.80. The third-order valence-corrected chi connectivity index (χ3v) is 3.82. The first-order chi connectivity index (χ1) is 10.8. The molecule has 7 heteroatoms. The van der Waals surface area contributed by atoms with Crippen LogP contribution in [0.5, 0.6) is 11.5 Å². The van der Waals surface area contributed by atoms with Gasteiger partial charge in [0, 0.05) is 23.6 Å². The Kier molecular flexibility index (Phi) is 4.58. The zero-order chi connectivity index (χ0) is 17.4. The number of ketones is 1. The van der Waals surface area contributed by atoms with E-state index in [2.05, 4.69) is 0 Å². The Bertz CT molecular complexity index is 642. The highest BCUT2D eigenvalue weighted by atomic mass is 19.3. The number of methoxy groups -OCH3 is 2. The summed E-state index contributed by atoms with van der Waals surface area (Å²) in [6.45, 7) is 3.07. The smallest absolute Gasteiger partial charge is 0.326 e. The number of halogens is 2. The lowest BCUT2D eigenvalue weighted by atomic mass is 9.84. The Balaban J connectivity index is 2.58. The number of benzene rings is 1. The summed E-state index contributed by atoms with van der Waals surface area (Å²) in [4.78, 5) is 24.9. The van der Waals surface area contributed by atoms with Crippen LogP contribution in [-0.2, 0) is 16.0 Å². The summed E-state index contributed by atoms with van der Waals surface area (Å²) >= 11 is 0. The van der Waals surface area contributed by atoms with Crippen LogP contribution in [0.2, 0.25) is 0 Å². The molecule has 0 spiro atoms. The minimum atomic E-state index is -3.19. The van der Waals surface area contributed by atoms with Crippen LogP contribution in [0.1, 0.15) is 29.8 Å². The van der Waals surface area contributed by atoms with Crippen LogP contribution in [0.25, 0.3) is 0 Å². The van der Waals surface area contributed by atoms with Crippen LogP contribution in [0, 0.1) is 5.41 Å². The van der Waals surface area contributed by atoms with Crippen molar-refractivity contribution < 1.29 is 32.6 Å². The van der Waals surface area contributed by atoms with Crippen molar-refractivity contribution in [1.82, 2.24) is 0 Å². The molecule has 0 saturated heterocycles. The van der Waals surface area contributed by atoms with Gasteiger partial charge in [0.25, 0.3) is 6.43 Å². The summed E-state index contributed by atoms with van der Waals surface area (Å²) in [5.41, 5.74) is -2.27. The maximum Gasteiger partial charge on any atom is 0.326 e. The Morgan fingerprint density at radius 1 is 1.22 bits per heavy atom. The summed E-state index contributed by atoms with van der Waals surface area (Å²) < 4.78 is 42.6. The second-order valence-corrected chi connectivity index (χ2v) is 5.59. The molecule has 1 unspecified atom stereocenters. The topological polar surface area (TPSA) is 61.8 Å². The van der Waals surface area contributed by atoms with Gasteiger partial charge in [0.1, 0.15) is 11.5 Å². The number of carbonyl (C=O) groups is 2. The van der Waals surface area contributed by atoms with E-state index < -0.39 is 36.1 Å². The number of Topliss-reactive ketones (excluding diaryl/α,β-unsaturated/α-hetero) is 1. The Morgan fingerprint density at radius 2 is 1.87 bits per heavy atom. The van der Waals surface area contributed by atoms with Crippen molar-refractivity contribution >= 4 is 11.8 Å². The lowest BCUT2D eigenvalue weighted by Crippen LogP contribution is -2.45. The Morgan fingerprint density at radius 3 is 2.35 bits per heavy atom. The predicted octanol–water partition coefficient (Wildman–Crippen LogP) is 2.65. The van der Waals surface area contributed by atoms with Crippen LogP contribution < -0.4 is 9.47 Å². The second-order valence-electron chi connectivity index (χ2n) is 5.59. The van der Waals surface area contributed by atoms with Crippen molar-refractivity contribution in [3.05, 3.63) is 23.3 Å². The Labute approximate surface area is 132 Å². The van der Waals surface area contributed by atoms with Crippen molar-refractivity contribution in [2.45, 2.75) is 32.8 Å². The largest absolute Gasteiger partial charge is 0.497 e. The molecule has 23 heavy (non-hydrogen) atoms. The van der Waals surface area contributed by atoms with E-state index in [9.17, 15) is 18.4 Å². The Hall–Kier alpha value is -2.18. The van der Waals surface area contributed by atoms with E-state index >= 15 is 0 Å². The van der Waals surface area contributed by atoms with Crippen molar-refractivity contribution in [3.8, 4) is 11.5 Å². The molecular formula is C16H18F2O5. The summed E-state index contributed by atoms with van der Waals surface area (Å²) in [5, 5.41) is 0. The van der Waals surface area contributed by atoms with Gasteiger partial charge in [-0.2, -0.15) is 0 Å². The molecule has 0 radical (unpaired) electrons. The number of rotatable bonds is 5. The number of ether oxygens (including phenoxy) is 3. The van der Waals surface area contributed by atoms with Crippen molar-refractivity contribution in [1.29, 1.82) is 0 Å². The average molecular weight is 328 g/mol. The first-order valence-electron chi connectivity index (χ1n) is 7.06. The fraction of sp³-hybridized carbons (Fsp3) is 0.500. The fourth-order valence-corrected chi connectivity index (χ4v) is 2.65. The number of esters is 1. The molecule has 0 aliphatic heterocycles. The van der Waals surface area contributed by atoms with Crippen LogP contribution in [0.15, 0.2) is 12.1 Å². The second kappa shape index (κ2) is 6.14. The fourth-order valence-electron chi connectivity index (χ4n) is 2.65. The van der Waals surface area contributed by atoms with E-state index in [0.717, 1.165) is 0 Å². The summed E-state index contributed by atoms with van der Waals surface area (Å²) in [7, 11) is 2.74. The number of hydrogen-bond donors (Lipinski definition) is 0.